The first-order valence-electron chi connectivity index (χ1n) is 6.72. The van der Waals surface area contributed by atoms with Crippen molar-refractivity contribution in [2.24, 2.45) is 5.73 Å². The maximum atomic E-state index is 13.9. The Morgan fingerprint density at radius 1 is 1.25 bits per heavy atom. The average Bonchev–Trinajstić information content (AvgIpc) is 2.46. The molecule has 0 aliphatic carbocycles. The third kappa shape index (κ3) is 2.96. The number of hydrogen-bond acceptors (Lipinski definition) is 3. The normalized spacial score (nSPS) is 10.9. The molecule has 2 aromatic rings. The van der Waals surface area contributed by atoms with E-state index in [1.54, 1.807) is 17.0 Å². The molecular weight excluding hydrogens is 253 g/mol. The lowest BCUT2D eigenvalue weighted by molar-refractivity contribution is 0.627. The summed E-state index contributed by atoms with van der Waals surface area (Å²) in [5.74, 6) is 0.747. The molecule has 2 N–H and O–H groups in total. The van der Waals surface area contributed by atoms with Crippen molar-refractivity contribution in [3.8, 4) is 0 Å². The first-order valence-corrected chi connectivity index (χ1v) is 6.72. The maximum Gasteiger partial charge on any atom is 0.146 e. The van der Waals surface area contributed by atoms with Gasteiger partial charge in [-0.05, 0) is 35.7 Å². The monoisotopic (exact) mass is 273 g/mol. The zero-order valence-corrected chi connectivity index (χ0v) is 12.1. The quantitative estimate of drug-likeness (QED) is 0.926. The molecule has 4 heteroatoms. The second kappa shape index (κ2) is 6.01. The van der Waals surface area contributed by atoms with E-state index in [1.165, 1.54) is 6.07 Å². The third-order valence-corrected chi connectivity index (χ3v) is 3.28. The van der Waals surface area contributed by atoms with Gasteiger partial charge in [-0.1, -0.05) is 26.0 Å². The highest BCUT2D eigenvalue weighted by atomic mass is 19.1. The van der Waals surface area contributed by atoms with Gasteiger partial charge in [0.15, 0.2) is 0 Å². The van der Waals surface area contributed by atoms with Crippen molar-refractivity contribution in [2.45, 2.75) is 26.3 Å². The Morgan fingerprint density at radius 2 is 1.95 bits per heavy atom. The lowest BCUT2D eigenvalue weighted by Gasteiger charge is -2.21. The number of nitrogens with two attached hydrogens (primary N) is 1. The minimum atomic E-state index is -0.263. The minimum absolute atomic E-state index is 0.263. The van der Waals surface area contributed by atoms with Crippen molar-refractivity contribution in [1.29, 1.82) is 0 Å². The van der Waals surface area contributed by atoms with Crippen LogP contribution in [-0.2, 0) is 6.54 Å². The van der Waals surface area contributed by atoms with Crippen LogP contribution in [0.1, 0.15) is 31.0 Å². The van der Waals surface area contributed by atoms with Crippen molar-refractivity contribution < 1.29 is 4.39 Å². The van der Waals surface area contributed by atoms with Gasteiger partial charge in [0.2, 0.25) is 0 Å². The summed E-state index contributed by atoms with van der Waals surface area (Å²) >= 11 is 0. The summed E-state index contributed by atoms with van der Waals surface area (Å²) in [6, 6.07) is 10.6. The van der Waals surface area contributed by atoms with Crippen LogP contribution in [0, 0.1) is 5.82 Å². The van der Waals surface area contributed by atoms with E-state index in [1.807, 2.05) is 25.2 Å². The van der Waals surface area contributed by atoms with Gasteiger partial charge < -0.3 is 10.6 Å². The van der Waals surface area contributed by atoms with E-state index in [0.29, 0.717) is 24.0 Å². The molecule has 106 valence electrons. The lowest BCUT2D eigenvalue weighted by Crippen LogP contribution is -2.15. The predicted octanol–water partition coefficient (Wildman–Crippen LogP) is 3.57. The Kier molecular flexibility index (Phi) is 4.35. The van der Waals surface area contributed by atoms with Gasteiger partial charge in [0.25, 0.3) is 0 Å². The third-order valence-electron chi connectivity index (χ3n) is 3.28. The Hall–Kier alpha value is -1.94. The SMILES string of the molecule is CC(C)c1cc(CN)cc(N(C)c2ccccc2F)n1. The summed E-state index contributed by atoms with van der Waals surface area (Å²) in [6.07, 6.45) is 0. The summed E-state index contributed by atoms with van der Waals surface area (Å²) in [5.41, 5.74) is 8.21. The van der Waals surface area contributed by atoms with Gasteiger partial charge in [-0.15, -0.1) is 0 Å². The molecule has 0 aliphatic rings. The number of pyridine rings is 1. The summed E-state index contributed by atoms with van der Waals surface area (Å²) in [7, 11) is 1.81. The number of hydrogen-bond donors (Lipinski definition) is 1. The molecular formula is C16H20FN3. The highest BCUT2D eigenvalue weighted by Gasteiger charge is 2.13. The maximum absolute atomic E-state index is 13.9. The zero-order chi connectivity index (χ0) is 14.7. The number of halogens is 1. The van der Waals surface area contributed by atoms with Gasteiger partial charge >= 0.3 is 0 Å². The molecule has 0 atom stereocenters. The highest BCUT2D eigenvalue weighted by Crippen LogP contribution is 2.27. The highest BCUT2D eigenvalue weighted by molar-refractivity contribution is 5.60. The molecule has 0 amide bonds. The molecule has 0 bridgehead atoms. The molecule has 1 aromatic heterocycles. The second-order valence-corrected chi connectivity index (χ2v) is 5.13. The lowest BCUT2D eigenvalue weighted by atomic mass is 10.1. The molecule has 1 heterocycles. The number of para-hydroxylation sites is 1. The summed E-state index contributed by atoms with van der Waals surface area (Å²) in [4.78, 5) is 6.35. The van der Waals surface area contributed by atoms with Gasteiger partial charge in [-0.2, -0.15) is 0 Å². The van der Waals surface area contributed by atoms with Crippen molar-refractivity contribution >= 4 is 11.5 Å². The molecule has 20 heavy (non-hydrogen) atoms. The smallest absolute Gasteiger partial charge is 0.146 e. The molecule has 0 unspecified atom stereocenters. The fourth-order valence-electron chi connectivity index (χ4n) is 2.03. The van der Waals surface area contributed by atoms with E-state index in [-0.39, 0.29) is 5.82 Å². The minimum Gasteiger partial charge on any atom is -0.327 e. The number of rotatable bonds is 4. The largest absolute Gasteiger partial charge is 0.327 e. The van der Waals surface area contributed by atoms with E-state index in [4.69, 9.17) is 5.73 Å². The number of aromatic nitrogens is 1. The van der Waals surface area contributed by atoms with E-state index < -0.39 is 0 Å². The predicted molar refractivity (Wildman–Crippen MR) is 80.7 cm³/mol. The van der Waals surface area contributed by atoms with Crippen molar-refractivity contribution in [2.75, 3.05) is 11.9 Å². The number of nitrogens with zero attached hydrogens (tertiary/aromatic N) is 2. The fourth-order valence-corrected chi connectivity index (χ4v) is 2.03. The van der Waals surface area contributed by atoms with Gasteiger partial charge in [-0.3, -0.25) is 0 Å². The van der Waals surface area contributed by atoms with Gasteiger partial charge in [-0.25, -0.2) is 9.37 Å². The molecule has 0 fully saturated rings. The zero-order valence-electron chi connectivity index (χ0n) is 12.1. The molecule has 0 radical (unpaired) electrons. The standard InChI is InChI=1S/C16H20FN3/c1-11(2)14-8-12(10-18)9-16(19-14)20(3)15-7-5-4-6-13(15)17/h4-9,11H,10,18H2,1-3H3. The Labute approximate surface area is 119 Å². The van der Waals surface area contributed by atoms with Crippen LogP contribution < -0.4 is 10.6 Å². The van der Waals surface area contributed by atoms with Crippen LogP contribution in [0.5, 0.6) is 0 Å². The van der Waals surface area contributed by atoms with Gasteiger partial charge in [0.05, 0.1) is 5.69 Å². The average molecular weight is 273 g/mol. The summed E-state index contributed by atoms with van der Waals surface area (Å²) in [5, 5.41) is 0. The summed E-state index contributed by atoms with van der Waals surface area (Å²) < 4.78 is 13.9. The van der Waals surface area contributed by atoms with Crippen LogP contribution >= 0.6 is 0 Å². The van der Waals surface area contributed by atoms with Crippen LogP contribution in [0.2, 0.25) is 0 Å². The molecule has 0 spiro atoms. The van der Waals surface area contributed by atoms with Gasteiger partial charge in [0.1, 0.15) is 11.6 Å². The van der Waals surface area contributed by atoms with Crippen molar-refractivity contribution in [1.82, 2.24) is 4.98 Å². The van der Waals surface area contributed by atoms with E-state index in [2.05, 4.69) is 18.8 Å². The van der Waals surface area contributed by atoms with Crippen LogP contribution in [0.3, 0.4) is 0 Å². The van der Waals surface area contributed by atoms with E-state index >= 15 is 0 Å². The molecule has 0 saturated heterocycles. The Morgan fingerprint density at radius 3 is 2.55 bits per heavy atom. The Balaban J connectivity index is 2.46. The van der Waals surface area contributed by atoms with Gasteiger partial charge in [0, 0.05) is 19.3 Å². The topological polar surface area (TPSA) is 42.1 Å². The summed E-state index contributed by atoms with van der Waals surface area (Å²) in [6.45, 7) is 4.60. The molecule has 2 rings (SSSR count). The van der Waals surface area contributed by atoms with Crippen LogP contribution in [0.25, 0.3) is 0 Å². The fraction of sp³-hybridized carbons (Fsp3) is 0.312. The van der Waals surface area contributed by atoms with E-state index in [0.717, 1.165) is 11.3 Å². The van der Waals surface area contributed by atoms with E-state index in [9.17, 15) is 4.39 Å². The first kappa shape index (κ1) is 14.5. The molecule has 0 aliphatic heterocycles. The first-order chi connectivity index (χ1) is 9.52. The van der Waals surface area contributed by atoms with Crippen molar-refractivity contribution in [3.63, 3.8) is 0 Å². The van der Waals surface area contributed by atoms with Crippen LogP contribution in [0.15, 0.2) is 36.4 Å². The van der Waals surface area contributed by atoms with Crippen LogP contribution in [-0.4, -0.2) is 12.0 Å². The van der Waals surface area contributed by atoms with Crippen LogP contribution in [0.4, 0.5) is 15.9 Å². The number of benzene rings is 1. The Bertz CT molecular complexity index is 596. The number of anilines is 2. The molecule has 3 nitrogen and oxygen atoms in total. The molecule has 0 saturated carbocycles. The second-order valence-electron chi connectivity index (χ2n) is 5.13. The van der Waals surface area contributed by atoms with Crippen molar-refractivity contribution in [3.05, 3.63) is 53.5 Å². The molecule has 1 aromatic carbocycles.